The molecular formula is C17H14ClF3N4O3. The van der Waals surface area contributed by atoms with E-state index in [1.807, 2.05) is 0 Å². The quantitative estimate of drug-likeness (QED) is 0.664. The normalized spacial score (nSPS) is 19.1. The number of nitrogens with one attached hydrogen (secondary N) is 2. The zero-order chi connectivity index (χ0) is 19.9. The summed E-state index contributed by atoms with van der Waals surface area (Å²) in [6.07, 6.45) is -2.12. The number of carbonyl (C=O) groups is 1. The molecule has 7 nitrogen and oxygen atoms in total. The maximum absolute atomic E-state index is 13.6. The number of hydrogen-bond acceptors (Lipinski definition) is 5. The number of halogens is 4. The molecule has 3 aromatic heterocycles. The maximum Gasteiger partial charge on any atom is 0.410 e. The fourth-order valence-electron chi connectivity index (χ4n) is 3.07. The molecule has 2 atom stereocenters. The summed E-state index contributed by atoms with van der Waals surface area (Å²) in [4.78, 5) is 12.4. The van der Waals surface area contributed by atoms with Gasteiger partial charge in [-0.2, -0.15) is 18.3 Å². The van der Waals surface area contributed by atoms with Crippen molar-refractivity contribution in [2.75, 3.05) is 5.32 Å². The molecule has 2 N–H and O–H groups in total. The van der Waals surface area contributed by atoms with Gasteiger partial charge in [-0.05, 0) is 24.3 Å². The van der Waals surface area contributed by atoms with Crippen LogP contribution < -0.4 is 10.6 Å². The predicted octanol–water partition coefficient (Wildman–Crippen LogP) is 4.31. The third-order valence-electron chi connectivity index (χ3n) is 4.40. The monoisotopic (exact) mass is 414 g/mol. The molecule has 0 saturated heterocycles. The highest BCUT2D eigenvalue weighted by molar-refractivity contribution is 6.36. The molecule has 1 amide bonds. The van der Waals surface area contributed by atoms with Crippen molar-refractivity contribution in [2.45, 2.75) is 31.2 Å². The molecule has 0 saturated carbocycles. The average molecular weight is 415 g/mol. The van der Waals surface area contributed by atoms with Crippen molar-refractivity contribution in [2.24, 2.45) is 0 Å². The number of hydrogen-bond donors (Lipinski definition) is 2. The molecule has 0 spiro atoms. The third-order valence-corrected chi connectivity index (χ3v) is 4.76. The Morgan fingerprint density at radius 2 is 2.07 bits per heavy atom. The number of fused-ring (bicyclic) bond motifs is 1. The lowest BCUT2D eigenvalue weighted by Gasteiger charge is -2.32. The van der Waals surface area contributed by atoms with Gasteiger partial charge in [-0.1, -0.05) is 11.6 Å². The molecule has 2 unspecified atom stereocenters. The zero-order valence-electron chi connectivity index (χ0n) is 14.2. The second-order valence-corrected chi connectivity index (χ2v) is 6.60. The summed E-state index contributed by atoms with van der Waals surface area (Å²) in [6.45, 7) is 0.0511. The number of furan rings is 2. The Kier molecular flexibility index (Phi) is 4.58. The van der Waals surface area contributed by atoms with E-state index < -0.39 is 24.2 Å². The highest BCUT2D eigenvalue weighted by atomic mass is 35.5. The van der Waals surface area contributed by atoms with Crippen molar-refractivity contribution in [3.8, 4) is 0 Å². The van der Waals surface area contributed by atoms with E-state index >= 15 is 0 Å². The lowest BCUT2D eigenvalue weighted by molar-refractivity contribution is -0.174. The van der Waals surface area contributed by atoms with E-state index in [0.29, 0.717) is 16.2 Å². The number of anilines is 1. The highest BCUT2D eigenvalue weighted by Gasteiger charge is 2.48. The first-order chi connectivity index (χ1) is 13.3. The van der Waals surface area contributed by atoms with E-state index in [1.165, 1.54) is 12.5 Å². The van der Waals surface area contributed by atoms with Crippen molar-refractivity contribution in [1.29, 1.82) is 0 Å². The van der Waals surface area contributed by atoms with Crippen LogP contribution in [0.15, 0.2) is 45.6 Å². The molecule has 0 aliphatic carbocycles. The van der Waals surface area contributed by atoms with E-state index in [9.17, 15) is 18.0 Å². The highest BCUT2D eigenvalue weighted by Crippen LogP contribution is 2.46. The smallest absolute Gasteiger partial charge is 0.410 e. The second kappa shape index (κ2) is 6.93. The van der Waals surface area contributed by atoms with Gasteiger partial charge in [0.1, 0.15) is 22.4 Å². The predicted molar refractivity (Wildman–Crippen MR) is 91.9 cm³/mol. The van der Waals surface area contributed by atoms with E-state index in [0.717, 1.165) is 0 Å². The number of rotatable bonds is 4. The van der Waals surface area contributed by atoms with Crippen LogP contribution in [0.1, 0.15) is 40.5 Å². The van der Waals surface area contributed by atoms with Gasteiger partial charge in [0, 0.05) is 6.42 Å². The Labute approximate surface area is 161 Å². The van der Waals surface area contributed by atoms with Gasteiger partial charge in [-0.15, -0.1) is 0 Å². The summed E-state index contributed by atoms with van der Waals surface area (Å²) in [6, 6.07) is 3.74. The van der Waals surface area contributed by atoms with Gasteiger partial charge >= 0.3 is 6.18 Å². The van der Waals surface area contributed by atoms with Crippen LogP contribution >= 0.6 is 11.6 Å². The van der Waals surface area contributed by atoms with Crippen LogP contribution in [-0.4, -0.2) is 21.9 Å². The van der Waals surface area contributed by atoms with Gasteiger partial charge < -0.3 is 19.5 Å². The second-order valence-electron chi connectivity index (χ2n) is 6.22. The Hall–Kier alpha value is -2.88. The molecule has 1 aliphatic heterocycles. The first-order valence-corrected chi connectivity index (χ1v) is 8.67. The molecule has 1 aliphatic rings. The number of aromatic nitrogens is 2. The Morgan fingerprint density at radius 3 is 2.71 bits per heavy atom. The number of nitrogens with zero attached hydrogens (tertiary/aromatic N) is 2. The van der Waals surface area contributed by atoms with Gasteiger partial charge in [-0.3, -0.25) is 4.79 Å². The van der Waals surface area contributed by atoms with Crippen molar-refractivity contribution in [3.63, 3.8) is 0 Å². The summed E-state index contributed by atoms with van der Waals surface area (Å²) in [5, 5.41) is 9.06. The number of amides is 1. The van der Waals surface area contributed by atoms with E-state index in [2.05, 4.69) is 15.7 Å². The lowest BCUT2D eigenvalue weighted by atomic mass is 10.0. The largest absolute Gasteiger partial charge is 0.467 e. The molecule has 3 aromatic rings. The van der Waals surface area contributed by atoms with Crippen molar-refractivity contribution < 1.29 is 26.8 Å². The first kappa shape index (κ1) is 18.5. The van der Waals surface area contributed by atoms with Gasteiger partial charge in [0.15, 0.2) is 11.7 Å². The molecule has 0 radical (unpaired) electrons. The Bertz CT molecular complexity index is 967. The summed E-state index contributed by atoms with van der Waals surface area (Å²) >= 11 is 6.21. The zero-order valence-corrected chi connectivity index (χ0v) is 14.9. The fraction of sp³-hybridized carbons (Fsp3) is 0.294. The summed E-state index contributed by atoms with van der Waals surface area (Å²) in [5.41, 5.74) is -0.301. The van der Waals surface area contributed by atoms with Crippen LogP contribution in [0.25, 0.3) is 0 Å². The SMILES string of the molecule is O=C(NCc1ccco1)c1nn2c(c1Cl)NC(c1ccco1)CC2C(F)(F)F. The Balaban J connectivity index is 1.65. The standard InChI is InChI=1S/C17H14ClF3N4O3/c18-13-14(16(26)22-8-9-3-1-5-27-9)24-25-12(17(19,20)21)7-10(23-15(13)25)11-4-2-6-28-11/h1-6,10,12,23H,7-8H2,(H,22,26). The molecule has 4 rings (SSSR count). The van der Waals surface area contributed by atoms with Crippen LogP contribution in [0.4, 0.5) is 19.0 Å². The van der Waals surface area contributed by atoms with Gasteiger partial charge in [0.25, 0.3) is 5.91 Å². The third kappa shape index (κ3) is 3.35. The van der Waals surface area contributed by atoms with Crippen molar-refractivity contribution in [1.82, 2.24) is 15.1 Å². The van der Waals surface area contributed by atoms with Crippen LogP contribution in [0.3, 0.4) is 0 Å². The molecule has 11 heteroatoms. The minimum absolute atomic E-state index is 0.0511. The fourth-order valence-corrected chi connectivity index (χ4v) is 3.34. The molecule has 0 fully saturated rings. The average Bonchev–Trinajstić information content (AvgIpc) is 3.40. The Morgan fingerprint density at radius 1 is 1.32 bits per heavy atom. The molecule has 0 aromatic carbocycles. The number of carbonyl (C=O) groups excluding carboxylic acids is 1. The summed E-state index contributed by atoms with van der Waals surface area (Å²) < 4.78 is 52.0. The van der Waals surface area contributed by atoms with E-state index in [4.69, 9.17) is 20.4 Å². The van der Waals surface area contributed by atoms with E-state index in [-0.39, 0.29) is 29.5 Å². The van der Waals surface area contributed by atoms with Crippen molar-refractivity contribution >= 4 is 23.3 Å². The minimum Gasteiger partial charge on any atom is -0.467 e. The molecular weight excluding hydrogens is 401 g/mol. The van der Waals surface area contributed by atoms with Crippen LogP contribution in [0.2, 0.25) is 5.02 Å². The lowest BCUT2D eigenvalue weighted by Crippen LogP contribution is -2.35. The molecule has 148 valence electrons. The molecule has 28 heavy (non-hydrogen) atoms. The topological polar surface area (TPSA) is 85.2 Å². The van der Waals surface area contributed by atoms with Crippen LogP contribution in [0, 0.1) is 0 Å². The van der Waals surface area contributed by atoms with E-state index in [1.54, 1.807) is 24.3 Å². The molecule has 0 bridgehead atoms. The van der Waals surface area contributed by atoms with Crippen LogP contribution in [0.5, 0.6) is 0 Å². The van der Waals surface area contributed by atoms with Gasteiger partial charge in [0.05, 0.1) is 25.1 Å². The first-order valence-electron chi connectivity index (χ1n) is 8.30. The minimum atomic E-state index is -4.58. The summed E-state index contributed by atoms with van der Waals surface area (Å²) in [5.74, 6) is 0.0274. The van der Waals surface area contributed by atoms with Crippen LogP contribution in [-0.2, 0) is 6.54 Å². The van der Waals surface area contributed by atoms with Gasteiger partial charge in [-0.25, -0.2) is 4.68 Å². The number of alkyl halides is 3. The van der Waals surface area contributed by atoms with Gasteiger partial charge in [0.2, 0.25) is 0 Å². The van der Waals surface area contributed by atoms with Crippen molar-refractivity contribution in [3.05, 3.63) is 59.0 Å². The summed E-state index contributed by atoms with van der Waals surface area (Å²) in [7, 11) is 0. The molecule has 4 heterocycles. The maximum atomic E-state index is 13.6.